The smallest absolute Gasteiger partial charge is 0.274 e. The molecule has 4 aromatic rings. The van der Waals surface area contributed by atoms with Crippen LogP contribution in [0, 0.1) is 11.6 Å². The molecule has 0 bridgehead atoms. The van der Waals surface area contributed by atoms with Gasteiger partial charge in [-0.2, -0.15) is 0 Å². The fourth-order valence-corrected chi connectivity index (χ4v) is 4.17. The minimum Gasteiger partial charge on any atom is -0.386 e. The van der Waals surface area contributed by atoms with Gasteiger partial charge in [0.25, 0.3) is 11.5 Å². The molecule has 0 atom stereocenters. The van der Waals surface area contributed by atoms with Crippen LogP contribution in [0.2, 0.25) is 0 Å². The number of amides is 1. The van der Waals surface area contributed by atoms with Crippen molar-refractivity contribution in [2.24, 2.45) is 7.05 Å². The van der Waals surface area contributed by atoms with Gasteiger partial charge in [0.2, 0.25) is 0 Å². The third-order valence-corrected chi connectivity index (χ3v) is 5.94. The van der Waals surface area contributed by atoms with Crippen LogP contribution in [0.25, 0.3) is 33.2 Å². The number of aromatic amines is 1. The molecule has 0 aliphatic heterocycles. The first-order chi connectivity index (χ1) is 16.7. The van der Waals surface area contributed by atoms with E-state index in [1.165, 1.54) is 16.7 Å². The van der Waals surface area contributed by atoms with E-state index in [1.807, 2.05) is 20.8 Å². The standard InChI is InChI=1S/C28H29F2N3O3/c1-27(2,3)32-25(34)23-13-20-21(14-33(6)26(35)24(20)31-23)19-11-15(28(4,5)36)7-9-17(19)18-10-8-16(29)12-22(18)30/h7-14,31,36H,1-6H3,(H,32,34). The van der Waals surface area contributed by atoms with Gasteiger partial charge in [-0.05, 0) is 75.6 Å². The molecule has 2 aromatic carbocycles. The predicted molar refractivity (Wildman–Crippen MR) is 137 cm³/mol. The van der Waals surface area contributed by atoms with Crippen molar-refractivity contribution in [3.05, 3.63) is 81.9 Å². The summed E-state index contributed by atoms with van der Waals surface area (Å²) in [6.45, 7) is 8.81. The predicted octanol–water partition coefficient (Wildman–Crippen LogP) is 5.23. The van der Waals surface area contributed by atoms with Crippen molar-refractivity contribution in [1.29, 1.82) is 0 Å². The molecule has 0 spiro atoms. The first-order valence-electron chi connectivity index (χ1n) is 11.5. The van der Waals surface area contributed by atoms with Crippen molar-refractivity contribution in [3.63, 3.8) is 0 Å². The van der Waals surface area contributed by atoms with Gasteiger partial charge >= 0.3 is 0 Å². The van der Waals surface area contributed by atoms with E-state index in [1.54, 1.807) is 51.4 Å². The highest BCUT2D eigenvalue weighted by Gasteiger charge is 2.24. The number of nitrogens with one attached hydrogen (secondary N) is 2. The van der Waals surface area contributed by atoms with Gasteiger partial charge in [-0.1, -0.05) is 12.1 Å². The average Bonchev–Trinajstić information content (AvgIpc) is 3.20. The molecule has 0 fully saturated rings. The Morgan fingerprint density at radius 1 is 0.944 bits per heavy atom. The van der Waals surface area contributed by atoms with E-state index in [2.05, 4.69) is 10.3 Å². The molecule has 0 aliphatic rings. The maximum atomic E-state index is 14.9. The number of H-pyrrole nitrogens is 1. The fraction of sp³-hybridized carbons (Fsp3) is 0.286. The summed E-state index contributed by atoms with van der Waals surface area (Å²) < 4.78 is 29.9. The van der Waals surface area contributed by atoms with Crippen molar-refractivity contribution in [3.8, 4) is 22.3 Å². The number of carbonyl (C=O) groups excluding carboxylic acids is 1. The summed E-state index contributed by atoms with van der Waals surface area (Å²) in [5.41, 5.74) is 0.625. The van der Waals surface area contributed by atoms with Gasteiger partial charge in [0, 0.05) is 41.4 Å². The second-order valence-corrected chi connectivity index (χ2v) is 10.6. The van der Waals surface area contributed by atoms with Gasteiger partial charge in [-0.25, -0.2) is 8.78 Å². The van der Waals surface area contributed by atoms with Crippen LogP contribution < -0.4 is 10.9 Å². The van der Waals surface area contributed by atoms with Crippen LogP contribution in [0.5, 0.6) is 0 Å². The first kappa shape index (κ1) is 25.3. The van der Waals surface area contributed by atoms with Gasteiger partial charge in [0.05, 0.1) is 5.60 Å². The quantitative estimate of drug-likeness (QED) is 0.364. The van der Waals surface area contributed by atoms with E-state index in [0.717, 1.165) is 6.07 Å². The Labute approximate surface area is 207 Å². The van der Waals surface area contributed by atoms with Gasteiger partial charge in [0.1, 0.15) is 22.8 Å². The zero-order valence-electron chi connectivity index (χ0n) is 21.1. The van der Waals surface area contributed by atoms with Crippen molar-refractivity contribution in [1.82, 2.24) is 14.9 Å². The number of aryl methyl sites for hydroxylation is 1. The number of hydrogen-bond donors (Lipinski definition) is 3. The number of halogens is 2. The van der Waals surface area contributed by atoms with Crippen molar-refractivity contribution < 1.29 is 18.7 Å². The lowest BCUT2D eigenvalue weighted by molar-refractivity contribution is 0.0786. The lowest BCUT2D eigenvalue weighted by atomic mass is 9.88. The molecule has 8 heteroatoms. The number of benzene rings is 2. The third-order valence-electron chi connectivity index (χ3n) is 5.94. The Balaban J connectivity index is 2.04. The number of fused-ring (bicyclic) bond motifs is 1. The Morgan fingerprint density at radius 2 is 1.61 bits per heavy atom. The van der Waals surface area contributed by atoms with E-state index in [0.29, 0.717) is 27.6 Å². The zero-order chi connectivity index (χ0) is 26.6. The molecular formula is C28H29F2N3O3. The molecule has 188 valence electrons. The Kier molecular flexibility index (Phi) is 6.12. The molecule has 0 unspecified atom stereocenters. The molecule has 6 nitrogen and oxygen atoms in total. The highest BCUT2D eigenvalue weighted by Crippen LogP contribution is 2.39. The normalized spacial score (nSPS) is 12.2. The van der Waals surface area contributed by atoms with E-state index >= 15 is 0 Å². The molecule has 0 saturated heterocycles. The number of aliphatic hydroxyl groups is 1. The summed E-state index contributed by atoms with van der Waals surface area (Å²) in [7, 11) is 1.58. The molecule has 4 rings (SSSR count). The molecule has 1 amide bonds. The average molecular weight is 494 g/mol. The molecule has 36 heavy (non-hydrogen) atoms. The molecule has 2 aromatic heterocycles. The third kappa shape index (κ3) is 4.81. The SMILES string of the molecule is Cn1cc(-c2cc(C(C)(C)O)ccc2-c2ccc(F)cc2F)c2cc(C(=O)NC(C)(C)C)[nH]c2c1=O. The number of nitrogens with zero attached hydrogens (tertiary/aromatic N) is 1. The van der Waals surface area contributed by atoms with Crippen LogP contribution in [-0.2, 0) is 12.6 Å². The molecule has 0 aliphatic carbocycles. The molecule has 0 saturated carbocycles. The Bertz CT molecular complexity index is 1550. The summed E-state index contributed by atoms with van der Waals surface area (Å²) in [6.07, 6.45) is 1.61. The van der Waals surface area contributed by atoms with E-state index < -0.39 is 22.8 Å². The van der Waals surface area contributed by atoms with Gasteiger partial charge in [-0.3, -0.25) is 9.59 Å². The molecule has 0 radical (unpaired) electrons. The number of rotatable bonds is 4. The molecule has 3 N–H and O–H groups in total. The number of hydrogen-bond acceptors (Lipinski definition) is 3. The highest BCUT2D eigenvalue weighted by molar-refractivity contribution is 6.04. The van der Waals surface area contributed by atoms with Crippen LogP contribution in [0.15, 0.2) is 53.5 Å². The summed E-state index contributed by atoms with van der Waals surface area (Å²) in [5.74, 6) is -1.81. The monoisotopic (exact) mass is 493 g/mol. The number of pyridine rings is 1. The zero-order valence-corrected chi connectivity index (χ0v) is 21.1. The van der Waals surface area contributed by atoms with Crippen molar-refractivity contribution in [2.75, 3.05) is 0 Å². The lowest BCUT2D eigenvalue weighted by Crippen LogP contribution is -2.40. The summed E-state index contributed by atoms with van der Waals surface area (Å²) in [6, 6.07) is 9.99. The van der Waals surface area contributed by atoms with Crippen LogP contribution in [0.4, 0.5) is 8.78 Å². The summed E-state index contributed by atoms with van der Waals surface area (Å²) in [4.78, 5) is 28.8. The largest absolute Gasteiger partial charge is 0.386 e. The second-order valence-electron chi connectivity index (χ2n) is 10.6. The van der Waals surface area contributed by atoms with Crippen LogP contribution in [-0.4, -0.2) is 26.1 Å². The first-order valence-corrected chi connectivity index (χ1v) is 11.5. The van der Waals surface area contributed by atoms with Crippen molar-refractivity contribution >= 4 is 16.8 Å². The van der Waals surface area contributed by atoms with Gasteiger partial charge < -0.3 is 20.0 Å². The summed E-state index contributed by atoms with van der Waals surface area (Å²) >= 11 is 0. The minimum absolute atomic E-state index is 0.164. The number of aromatic nitrogens is 2. The fourth-order valence-electron chi connectivity index (χ4n) is 4.17. The molecular weight excluding hydrogens is 464 g/mol. The maximum Gasteiger partial charge on any atom is 0.274 e. The van der Waals surface area contributed by atoms with Crippen LogP contribution in [0.3, 0.4) is 0 Å². The van der Waals surface area contributed by atoms with Gasteiger partial charge in [-0.15, -0.1) is 0 Å². The Hall–Kier alpha value is -3.78. The Morgan fingerprint density at radius 3 is 2.22 bits per heavy atom. The van der Waals surface area contributed by atoms with Crippen LogP contribution >= 0.6 is 0 Å². The van der Waals surface area contributed by atoms with E-state index in [-0.39, 0.29) is 28.2 Å². The second kappa shape index (κ2) is 8.71. The van der Waals surface area contributed by atoms with Crippen molar-refractivity contribution in [2.45, 2.75) is 45.8 Å². The minimum atomic E-state index is -1.20. The topological polar surface area (TPSA) is 87.1 Å². The maximum absolute atomic E-state index is 14.9. The van der Waals surface area contributed by atoms with E-state index in [9.17, 15) is 23.5 Å². The highest BCUT2D eigenvalue weighted by atomic mass is 19.1. The number of carbonyl (C=O) groups is 1. The van der Waals surface area contributed by atoms with Crippen LogP contribution in [0.1, 0.15) is 50.7 Å². The lowest BCUT2D eigenvalue weighted by Gasteiger charge is -2.21. The van der Waals surface area contributed by atoms with Gasteiger partial charge in [0.15, 0.2) is 0 Å². The molecule has 2 heterocycles. The summed E-state index contributed by atoms with van der Waals surface area (Å²) in [5, 5.41) is 14.0. The van der Waals surface area contributed by atoms with E-state index in [4.69, 9.17) is 0 Å².